The predicted octanol–water partition coefficient (Wildman–Crippen LogP) is 4.09. The van der Waals surface area contributed by atoms with Crippen molar-refractivity contribution in [3.05, 3.63) is 78.5 Å². The SMILES string of the molecule is N#Cc1ccc(N2C(=O)C3C4C[C@H](CN4C(=O)Nc4cccc5ccccc45)N3C2=O)c2cccnc12. The largest absolute Gasteiger partial charge is 0.332 e. The number of rotatable bonds is 2. The number of hydrogen-bond acceptors (Lipinski definition) is 5. The second-order valence-electron chi connectivity index (χ2n) is 9.52. The van der Waals surface area contributed by atoms with Crippen LogP contribution in [0.25, 0.3) is 21.7 Å². The monoisotopic (exact) mass is 488 g/mol. The van der Waals surface area contributed by atoms with E-state index in [-0.39, 0.29) is 18.0 Å². The van der Waals surface area contributed by atoms with Crippen LogP contribution in [-0.4, -0.2) is 57.4 Å². The molecule has 7 rings (SSSR count). The molecule has 3 saturated heterocycles. The molecule has 180 valence electrons. The third kappa shape index (κ3) is 2.96. The van der Waals surface area contributed by atoms with E-state index in [9.17, 15) is 19.6 Å². The highest BCUT2D eigenvalue weighted by atomic mass is 16.2. The van der Waals surface area contributed by atoms with Gasteiger partial charge in [-0.25, -0.2) is 14.5 Å². The number of likely N-dealkylation sites (tertiary alicyclic amines) is 1. The molecule has 2 unspecified atom stereocenters. The number of benzene rings is 3. The van der Waals surface area contributed by atoms with E-state index in [1.165, 1.54) is 4.90 Å². The van der Waals surface area contributed by atoms with Crippen LogP contribution in [0.3, 0.4) is 0 Å². The molecule has 3 aliphatic rings. The maximum absolute atomic E-state index is 13.7. The van der Waals surface area contributed by atoms with Crippen LogP contribution in [0.15, 0.2) is 72.9 Å². The number of hydrogen-bond donors (Lipinski definition) is 1. The van der Waals surface area contributed by atoms with Crippen LogP contribution in [0.2, 0.25) is 0 Å². The number of carbonyl (C=O) groups is 3. The first-order chi connectivity index (χ1) is 18.1. The Morgan fingerprint density at radius 3 is 2.68 bits per heavy atom. The maximum Gasteiger partial charge on any atom is 0.332 e. The van der Waals surface area contributed by atoms with E-state index >= 15 is 0 Å². The second-order valence-corrected chi connectivity index (χ2v) is 9.52. The number of carbonyl (C=O) groups excluding carboxylic acids is 3. The van der Waals surface area contributed by atoms with Crippen LogP contribution >= 0.6 is 0 Å². The molecule has 3 atom stereocenters. The van der Waals surface area contributed by atoms with Gasteiger partial charge in [0.05, 0.1) is 34.5 Å². The van der Waals surface area contributed by atoms with Crippen molar-refractivity contribution in [3.8, 4) is 6.07 Å². The Bertz CT molecular complexity index is 1690. The zero-order valence-electron chi connectivity index (χ0n) is 19.5. The summed E-state index contributed by atoms with van der Waals surface area (Å²) in [6.07, 6.45) is 2.14. The van der Waals surface area contributed by atoms with Crippen molar-refractivity contribution in [3.63, 3.8) is 0 Å². The number of urea groups is 2. The number of piperazine rings is 1. The Balaban J connectivity index is 1.20. The Labute approximate surface area is 211 Å². The fourth-order valence-corrected chi connectivity index (χ4v) is 6.08. The normalized spacial score (nSPS) is 22.1. The van der Waals surface area contributed by atoms with Gasteiger partial charge in [-0.15, -0.1) is 0 Å². The van der Waals surface area contributed by atoms with Crippen LogP contribution in [0, 0.1) is 11.3 Å². The number of anilines is 2. The van der Waals surface area contributed by atoms with Gasteiger partial charge in [0, 0.05) is 23.5 Å². The van der Waals surface area contributed by atoms with E-state index in [2.05, 4.69) is 16.4 Å². The fraction of sp³-hybridized carbons (Fsp3) is 0.179. The first-order valence-corrected chi connectivity index (χ1v) is 12.1. The molecule has 37 heavy (non-hydrogen) atoms. The molecule has 5 amide bonds. The molecule has 9 nitrogen and oxygen atoms in total. The minimum atomic E-state index is -0.744. The van der Waals surface area contributed by atoms with Crippen molar-refractivity contribution < 1.29 is 14.4 Å². The maximum atomic E-state index is 13.7. The van der Waals surface area contributed by atoms with Gasteiger partial charge in [0.25, 0.3) is 5.91 Å². The molecule has 3 fully saturated rings. The number of nitrogens with zero attached hydrogens (tertiary/aromatic N) is 5. The zero-order valence-corrected chi connectivity index (χ0v) is 19.5. The highest BCUT2D eigenvalue weighted by Crippen LogP contribution is 2.43. The van der Waals surface area contributed by atoms with E-state index in [4.69, 9.17) is 0 Å². The molecule has 0 radical (unpaired) electrons. The van der Waals surface area contributed by atoms with E-state index in [1.807, 2.05) is 42.5 Å². The molecule has 9 heteroatoms. The number of aromatic nitrogens is 1. The number of fused-ring (bicyclic) bond motifs is 7. The molecular formula is C28H20N6O3. The summed E-state index contributed by atoms with van der Waals surface area (Å²) in [5.41, 5.74) is 1.91. The van der Waals surface area contributed by atoms with Crippen LogP contribution < -0.4 is 10.2 Å². The van der Waals surface area contributed by atoms with Gasteiger partial charge in [0.15, 0.2) is 0 Å². The zero-order chi connectivity index (χ0) is 25.3. The topological polar surface area (TPSA) is 110 Å². The van der Waals surface area contributed by atoms with Crippen molar-refractivity contribution in [2.45, 2.75) is 24.5 Å². The lowest BCUT2D eigenvalue weighted by Crippen LogP contribution is -2.55. The smallest absolute Gasteiger partial charge is 0.317 e. The minimum absolute atomic E-state index is 0.238. The summed E-state index contributed by atoms with van der Waals surface area (Å²) in [6.45, 7) is 0.361. The molecule has 4 aromatic rings. The Kier molecular flexibility index (Phi) is 4.48. The van der Waals surface area contributed by atoms with E-state index in [0.717, 1.165) is 10.8 Å². The summed E-state index contributed by atoms with van der Waals surface area (Å²) in [7, 11) is 0. The molecule has 4 heterocycles. The average Bonchev–Trinajstić information content (AvgIpc) is 3.60. The Morgan fingerprint density at radius 2 is 1.81 bits per heavy atom. The third-order valence-corrected chi connectivity index (χ3v) is 7.66. The van der Waals surface area contributed by atoms with Gasteiger partial charge in [-0.1, -0.05) is 36.4 Å². The van der Waals surface area contributed by atoms with Crippen molar-refractivity contribution >= 4 is 51.0 Å². The van der Waals surface area contributed by atoms with Gasteiger partial charge >= 0.3 is 12.1 Å². The van der Waals surface area contributed by atoms with Crippen molar-refractivity contribution in [2.24, 2.45) is 0 Å². The standard InChI is InChI=1S/C28H20N6O3/c29-14-17-10-11-22(20-8-4-12-30-24(17)20)34-26(35)25-23-13-18(33(25)28(34)37)15-32(23)27(36)31-21-9-3-6-16-5-1-2-7-19(16)21/h1-12,18,23,25H,13,15H2,(H,31,36)/t18-,23?,25?/m1/s1. The van der Waals surface area contributed by atoms with Crippen LogP contribution in [-0.2, 0) is 4.79 Å². The molecule has 3 aliphatic heterocycles. The summed E-state index contributed by atoms with van der Waals surface area (Å²) >= 11 is 0. The molecule has 1 N–H and O–H groups in total. The molecule has 0 spiro atoms. The second kappa shape index (κ2) is 7.77. The molecule has 2 bridgehead atoms. The number of pyridine rings is 1. The van der Waals surface area contributed by atoms with E-state index in [0.29, 0.717) is 40.8 Å². The van der Waals surface area contributed by atoms with Gasteiger partial charge in [-0.3, -0.25) is 9.78 Å². The highest BCUT2D eigenvalue weighted by molar-refractivity contribution is 6.25. The lowest BCUT2D eigenvalue weighted by Gasteiger charge is -2.34. The number of nitriles is 1. The lowest BCUT2D eigenvalue weighted by atomic mass is 10.1. The molecule has 3 aromatic carbocycles. The number of imide groups is 1. The summed E-state index contributed by atoms with van der Waals surface area (Å²) < 4.78 is 0. The van der Waals surface area contributed by atoms with Crippen LogP contribution in [0.5, 0.6) is 0 Å². The van der Waals surface area contributed by atoms with Gasteiger partial charge in [0.1, 0.15) is 12.1 Å². The minimum Gasteiger partial charge on any atom is -0.317 e. The van der Waals surface area contributed by atoms with Gasteiger partial charge in [-0.05, 0) is 42.1 Å². The van der Waals surface area contributed by atoms with Crippen molar-refractivity contribution in [2.75, 3.05) is 16.8 Å². The van der Waals surface area contributed by atoms with Gasteiger partial charge in [-0.2, -0.15) is 5.26 Å². The van der Waals surface area contributed by atoms with Gasteiger partial charge in [0.2, 0.25) is 0 Å². The summed E-state index contributed by atoms with van der Waals surface area (Å²) in [6, 6.07) is 20.2. The first-order valence-electron chi connectivity index (χ1n) is 12.1. The van der Waals surface area contributed by atoms with Crippen LogP contribution in [0.4, 0.5) is 21.0 Å². The quantitative estimate of drug-likeness (QED) is 0.428. The van der Waals surface area contributed by atoms with E-state index in [1.54, 1.807) is 40.3 Å². The molecule has 0 aliphatic carbocycles. The summed E-state index contributed by atoms with van der Waals surface area (Å²) in [4.78, 5) is 49.4. The summed E-state index contributed by atoms with van der Waals surface area (Å²) in [5.74, 6) is -0.366. The number of amides is 5. The number of nitrogens with one attached hydrogen (secondary N) is 1. The van der Waals surface area contributed by atoms with Crippen molar-refractivity contribution in [1.82, 2.24) is 14.8 Å². The van der Waals surface area contributed by atoms with Crippen LogP contribution in [0.1, 0.15) is 12.0 Å². The lowest BCUT2D eigenvalue weighted by molar-refractivity contribution is -0.120. The molecule has 1 aromatic heterocycles. The van der Waals surface area contributed by atoms with Gasteiger partial charge < -0.3 is 15.1 Å². The average molecular weight is 489 g/mol. The molecule has 0 saturated carbocycles. The molecular weight excluding hydrogens is 468 g/mol. The Morgan fingerprint density at radius 1 is 1.00 bits per heavy atom. The first kappa shape index (κ1) is 21.3. The Hall–Kier alpha value is -4.97. The van der Waals surface area contributed by atoms with Crippen molar-refractivity contribution in [1.29, 1.82) is 5.26 Å². The van der Waals surface area contributed by atoms with E-state index < -0.39 is 18.1 Å². The fourth-order valence-electron chi connectivity index (χ4n) is 6.08. The highest BCUT2D eigenvalue weighted by Gasteiger charge is 2.63. The third-order valence-electron chi connectivity index (χ3n) is 7.66. The summed E-state index contributed by atoms with van der Waals surface area (Å²) in [5, 5.41) is 15.0. The predicted molar refractivity (Wildman–Crippen MR) is 137 cm³/mol.